The summed E-state index contributed by atoms with van der Waals surface area (Å²) >= 11 is 0. The van der Waals surface area contributed by atoms with Gasteiger partial charge in [-0.2, -0.15) is 0 Å². The molecule has 3 aliphatic rings. The first-order valence-corrected chi connectivity index (χ1v) is 5.64. The van der Waals surface area contributed by atoms with Crippen LogP contribution in [-0.4, -0.2) is 24.0 Å². The van der Waals surface area contributed by atoms with E-state index in [2.05, 4.69) is 4.99 Å². The second-order valence-electron chi connectivity index (χ2n) is 4.92. The molecule has 0 amide bonds. The molecule has 2 nitrogen and oxygen atoms in total. The lowest BCUT2D eigenvalue weighted by Gasteiger charge is -2.25. The average molecular weight is 233 g/mol. The summed E-state index contributed by atoms with van der Waals surface area (Å²) in [5.41, 5.74) is 0.103. The van der Waals surface area contributed by atoms with Crippen molar-refractivity contribution in [2.75, 3.05) is 6.54 Å². The van der Waals surface area contributed by atoms with Gasteiger partial charge in [-0.15, -0.1) is 0 Å². The number of carbonyl (C=O) groups excluding carboxylic acids is 1. The third-order valence-electron chi connectivity index (χ3n) is 4.30. The first-order valence-electron chi connectivity index (χ1n) is 5.64. The van der Waals surface area contributed by atoms with Gasteiger partial charge in [-0.25, -0.2) is 8.78 Å². The summed E-state index contributed by atoms with van der Waals surface area (Å²) in [5, 5.41) is 0. The van der Waals surface area contributed by atoms with Crippen molar-refractivity contribution in [1.82, 2.24) is 0 Å². The van der Waals surface area contributed by atoms with Crippen molar-refractivity contribution in [1.29, 1.82) is 0 Å². The molecule has 1 aliphatic heterocycles. The number of hydrogen-bond donors (Lipinski definition) is 0. The largest absolute Gasteiger partial charge is 0.294 e. The van der Waals surface area contributed by atoms with Crippen LogP contribution in [0.5, 0.6) is 0 Å². The summed E-state index contributed by atoms with van der Waals surface area (Å²) < 4.78 is 28.0. The summed E-state index contributed by atoms with van der Waals surface area (Å²) in [4.78, 5) is 16.0. The number of aliphatic imine (C=N–C) groups is 1. The minimum Gasteiger partial charge on any atom is -0.294 e. The number of benzene rings is 1. The van der Waals surface area contributed by atoms with Crippen molar-refractivity contribution >= 4 is 11.5 Å². The van der Waals surface area contributed by atoms with E-state index in [-0.39, 0.29) is 18.7 Å². The van der Waals surface area contributed by atoms with E-state index in [9.17, 15) is 13.6 Å². The van der Waals surface area contributed by atoms with E-state index < -0.39 is 17.3 Å². The van der Waals surface area contributed by atoms with E-state index in [0.29, 0.717) is 16.8 Å². The van der Waals surface area contributed by atoms with Gasteiger partial charge in [0.25, 0.3) is 5.92 Å². The highest BCUT2D eigenvalue weighted by atomic mass is 19.3. The van der Waals surface area contributed by atoms with Gasteiger partial charge in [0, 0.05) is 17.8 Å². The fraction of sp³-hybridized carbons (Fsp3) is 0.385. The molecule has 0 bridgehead atoms. The van der Waals surface area contributed by atoms with E-state index in [1.54, 1.807) is 24.3 Å². The number of Topliss-reactive ketones (excluding diaryl/α,β-unsaturated/α-hetero) is 1. The maximum absolute atomic E-state index is 14.0. The highest BCUT2D eigenvalue weighted by Crippen LogP contribution is 2.71. The lowest BCUT2D eigenvalue weighted by atomic mass is 9.77. The van der Waals surface area contributed by atoms with E-state index in [1.807, 2.05) is 0 Å². The van der Waals surface area contributed by atoms with Crippen molar-refractivity contribution in [3.05, 3.63) is 35.4 Å². The lowest BCUT2D eigenvalue weighted by molar-refractivity contribution is 0.0829. The van der Waals surface area contributed by atoms with Crippen molar-refractivity contribution in [3.63, 3.8) is 0 Å². The molecule has 1 fully saturated rings. The Balaban J connectivity index is 2.05. The molecule has 0 saturated heterocycles. The molecule has 0 N–H and O–H groups in total. The van der Waals surface area contributed by atoms with Crippen LogP contribution in [0.25, 0.3) is 0 Å². The summed E-state index contributed by atoms with van der Waals surface area (Å²) in [6, 6.07) is 6.74. The highest BCUT2D eigenvalue weighted by molar-refractivity contribution is 6.21. The monoisotopic (exact) mass is 233 g/mol. The molecule has 1 aromatic rings. The smallest absolute Gasteiger partial charge is 0.269 e. The predicted molar refractivity (Wildman–Crippen MR) is 57.8 cm³/mol. The third kappa shape index (κ3) is 0.779. The summed E-state index contributed by atoms with van der Waals surface area (Å²) in [6.45, 7) is 0.157. The zero-order valence-electron chi connectivity index (χ0n) is 8.91. The van der Waals surface area contributed by atoms with Crippen LogP contribution < -0.4 is 0 Å². The minimum absolute atomic E-state index is 0.0586. The summed E-state index contributed by atoms with van der Waals surface area (Å²) in [6.07, 6.45) is 0.0586. The first-order chi connectivity index (χ1) is 8.10. The molecule has 4 heteroatoms. The molecule has 1 heterocycles. The molecular formula is C13H9F2NO. The van der Waals surface area contributed by atoms with Crippen LogP contribution in [0, 0.1) is 5.92 Å². The number of hydrogen-bond acceptors (Lipinski definition) is 2. The van der Waals surface area contributed by atoms with Crippen LogP contribution in [0.2, 0.25) is 0 Å². The molecule has 1 spiro atoms. The normalized spacial score (nSPS) is 35.8. The number of carbonyl (C=O) groups is 1. The van der Waals surface area contributed by atoms with Crippen LogP contribution in [0.1, 0.15) is 22.3 Å². The van der Waals surface area contributed by atoms with Gasteiger partial charge in [0.2, 0.25) is 0 Å². The molecule has 1 saturated carbocycles. The van der Waals surface area contributed by atoms with E-state index >= 15 is 0 Å². The Morgan fingerprint density at radius 1 is 1.29 bits per heavy atom. The number of halogens is 2. The molecule has 2 unspecified atom stereocenters. The maximum Gasteiger partial charge on any atom is 0.269 e. The van der Waals surface area contributed by atoms with Crippen molar-refractivity contribution < 1.29 is 13.6 Å². The van der Waals surface area contributed by atoms with Crippen LogP contribution >= 0.6 is 0 Å². The fourth-order valence-electron chi connectivity index (χ4n) is 3.48. The number of ketones is 1. The van der Waals surface area contributed by atoms with E-state index in [1.165, 1.54) is 0 Å². The molecule has 17 heavy (non-hydrogen) atoms. The number of alkyl halides is 2. The topological polar surface area (TPSA) is 29.4 Å². The van der Waals surface area contributed by atoms with Gasteiger partial charge in [-0.3, -0.25) is 9.79 Å². The van der Waals surface area contributed by atoms with Gasteiger partial charge >= 0.3 is 0 Å². The summed E-state index contributed by atoms with van der Waals surface area (Å²) in [5.74, 6) is -3.53. The maximum atomic E-state index is 14.0. The number of rotatable bonds is 0. The van der Waals surface area contributed by atoms with Crippen molar-refractivity contribution in [2.24, 2.45) is 10.9 Å². The summed E-state index contributed by atoms with van der Waals surface area (Å²) in [7, 11) is 0. The number of fused-ring (bicyclic) bond motifs is 1. The Hall–Kier alpha value is -1.58. The average Bonchev–Trinajstić information content (AvgIpc) is 2.64. The Bertz CT molecular complexity index is 593. The molecule has 0 aromatic heterocycles. The van der Waals surface area contributed by atoms with E-state index in [4.69, 9.17) is 0 Å². The SMILES string of the molecule is O=C1CC2=NCC3C(F)(F)C23c2ccccc21. The Morgan fingerprint density at radius 3 is 2.82 bits per heavy atom. The van der Waals surface area contributed by atoms with Crippen LogP contribution in [0.3, 0.4) is 0 Å². The van der Waals surface area contributed by atoms with Crippen LogP contribution in [0.15, 0.2) is 29.3 Å². The minimum atomic E-state index is -2.72. The van der Waals surface area contributed by atoms with Gasteiger partial charge in [-0.1, -0.05) is 24.3 Å². The molecule has 1 aromatic carbocycles. The second kappa shape index (κ2) is 2.47. The molecule has 0 radical (unpaired) electrons. The predicted octanol–water partition coefficient (Wildman–Crippen LogP) is 2.23. The van der Waals surface area contributed by atoms with Gasteiger partial charge in [0.1, 0.15) is 5.41 Å². The standard InChI is InChI=1S/C13H9F2NO/c14-13(15)10-6-16-11-5-9(17)7-3-1-2-4-8(7)12(10,11)13/h1-4,10H,5-6H2. The van der Waals surface area contributed by atoms with Crippen LogP contribution in [-0.2, 0) is 5.41 Å². The van der Waals surface area contributed by atoms with Crippen molar-refractivity contribution in [3.8, 4) is 0 Å². The zero-order valence-corrected chi connectivity index (χ0v) is 8.91. The van der Waals surface area contributed by atoms with Crippen molar-refractivity contribution in [2.45, 2.75) is 17.8 Å². The van der Waals surface area contributed by atoms with Crippen LogP contribution in [0.4, 0.5) is 8.78 Å². The highest BCUT2D eigenvalue weighted by Gasteiger charge is 2.86. The fourth-order valence-corrected chi connectivity index (χ4v) is 3.48. The zero-order chi connectivity index (χ0) is 11.8. The van der Waals surface area contributed by atoms with Gasteiger partial charge in [0.15, 0.2) is 5.78 Å². The third-order valence-corrected chi connectivity index (χ3v) is 4.30. The van der Waals surface area contributed by atoms with Gasteiger partial charge in [-0.05, 0) is 5.56 Å². The molecule has 4 rings (SSSR count). The molecule has 86 valence electrons. The van der Waals surface area contributed by atoms with Gasteiger partial charge in [0.05, 0.1) is 12.3 Å². The lowest BCUT2D eigenvalue weighted by Crippen LogP contribution is -2.35. The molecule has 2 aliphatic carbocycles. The first kappa shape index (κ1) is 9.45. The molecule has 2 atom stereocenters. The Morgan fingerprint density at radius 2 is 2.06 bits per heavy atom. The number of nitrogens with zero attached hydrogens (tertiary/aromatic N) is 1. The Labute approximate surface area is 96.4 Å². The molecular weight excluding hydrogens is 224 g/mol. The van der Waals surface area contributed by atoms with Gasteiger partial charge < -0.3 is 0 Å². The quantitative estimate of drug-likeness (QED) is 0.675. The van der Waals surface area contributed by atoms with E-state index in [0.717, 1.165) is 0 Å². The Kier molecular flexibility index (Phi) is 1.37. The second-order valence-corrected chi connectivity index (χ2v) is 4.92.